The summed E-state index contributed by atoms with van der Waals surface area (Å²) in [7, 11) is 5.82. The fourth-order valence-electron chi connectivity index (χ4n) is 1.88. The van der Waals surface area contributed by atoms with E-state index in [0.717, 1.165) is 32.2 Å². The Labute approximate surface area is 124 Å². The van der Waals surface area contributed by atoms with Gasteiger partial charge in [0.2, 0.25) is 0 Å². The minimum Gasteiger partial charge on any atom is -0.378 e. The zero-order valence-electron chi connectivity index (χ0n) is 12.3. The summed E-state index contributed by atoms with van der Waals surface area (Å²) in [5.41, 5.74) is 3.12. The molecule has 0 saturated carbocycles. The Morgan fingerprint density at radius 3 is 2.75 bits per heavy atom. The first kappa shape index (κ1) is 14.5. The Balaban J connectivity index is 2.63. The third kappa shape index (κ3) is 2.96. The second-order valence-corrected chi connectivity index (χ2v) is 5.79. The smallest absolute Gasteiger partial charge is 0.0807 e. The Bertz CT molecular complexity index is 695. The summed E-state index contributed by atoms with van der Waals surface area (Å²) in [6.45, 7) is 5.90. The van der Waals surface area contributed by atoms with E-state index in [1.165, 1.54) is 0 Å². The summed E-state index contributed by atoms with van der Waals surface area (Å²) < 4.78 is 0. The molecule has 1 heterocycles. The lowest BCUT2D eigenvalue weighted by Gasteiger charge is -2.14. The lowest BCUT2D eigenvalue weighted by atomic mass is 10.2. The van der Waals surface area contributed by atoms with Gasteiger partial charge in [-0.25, -0.2) is 0 Å². The lowest BCUT2D eigenvalue weighted by Crippen LogP contribution is -2.08. The number of fused-ring (bicyclic) bond motifs is 1. The van der Waals surface area contributed by atoms with Crippen LogP contribution in [0, 0.1) is 6.92 Å². The van der Waals surface area contributed by atoms with E-state index in [0.29, 0.717) is 0 Å². The minimum absolute atomic E-state index is 0.978. The van der Waals surface area contributed by atoms with Gasteiger partial charge in [0.25, 0.3) is 0 Å². The number of nitrogens with zero attached hydrogens (tertiary/aromatic N) is 3. The molecule has 0 aromatic rings. The van der Waals surface area contributed by atoms with Crippen LogP contribution in [0.3, 0.4) is 0 Å². The fourth-order valence-corrected chi connectivity index (χ4v) is 2.89. The molecule has 0 amide bonds. The van der Waals surface area contributed by atoms with Crippen molar-refractivity contribution in [2.24, 2.45) is 4.99 Å². The normalized spacial score (nSPS) is 12.8. The number of allylic oxidation sites excluding steroid dienone is 1. The quantitative estimate of drug-likeness (QED) is 0.810. The summed E-state index contributed by atoms with van der Waals surface area (Å²) in [6.07, 6.45) is 3.98. The van der Waals surface area contributed by atoms with E-state index >= 15 is 0 Å². The standard InChI is InChI=1S/C16H19N3S/c1-6-13(19(4)5)10-15-11(2)18-14-8-7-12(17-3)9-16(14)20-15/h6-10H,1H2,2-5H3. The first-order valence-corrected chi connectivity index (χ1v) is 7.22. The molecule has 2 aliphatic rings. The van der Waals surface area contributed by atoms with Crippen molar-refractivity contribution >= 4 is 17.4 Å². The topological polar surface area (TPSA) is 28.5 Å². The van der Waals surface area contributed by atoms with E-state index in [2.05, 4.69) is 28.7 Å². The number of aromatic nitrogens is 1. The highest BCUT2D eigenvalue weighted by atomic mass is 32.1. The number of rotatable bonds is 3. The van der Waals surface area contributed by atoms with E-state index in [9.17, 15) is 0 Å². The second-order valence-electron chi connectivity index (χ2n) is 4.71. The van der Waals surface area contributed by atoms with Crippen LogP contribution < -0.4 is 5.36 Å². The number of benzene rings is 1. The van der Waals surface area contributed by atoms with Crippen LogP contribution in [-0.2, 0) is 0 Å². The van der Waals surface area contributed by atoms with Crippen LogP contribution in [-0.4, -0.2) is 31.0 Å². The maximum Gasteiger partial charge on any atom is 0.0807 e. The SMILES string of the molecule is C=CC(=Cc1sc2cc(=NC)ccc-2nc1C)N(C)C. The molecule has 0 bridgehead atoms. The third-order valence-electron chi connectivity index (χ3n) is 3.07. The largest absolute Gasteiger partial charge is 0.378 e. The fraction of sp³-hybridized carbons (Fsp3) is 0.250. The van der Waals surface area contributed by atoms with Crippen molar-refractivity contribution < 1.29 is 0 Å². The van der Waals surface area contributed by atoms with Crippen LogP contribution >= 0.6 is 11.3 Å². The van der Waals surface area contributed by atoms with Gasteiger partial charge in [0.05, 0.1) is 26.5 Å². The maximum absolute atomic E-state index is 4.67. The van der Waals surface area contributed by atoms with Crippen LogP contribution in [0.25, 0.3) is 16.6 Å². The Morgan fingerprint density at radius 2 is 2.15 bits per heavy atom. The molecule has 0 fully saturated rings. The maximum atomic E-state index is 4.67. The molecule has 0 aromatic heterocycles. The average molecular weight is 285 g/mol. The van der Waals surface area contributed by atoms with E-state index in [1.807, 2.05) is 44.1 Å². The van der Waals surface area contributed by atoms with Gasteiger partial charge in [-0.15, -0.1) is 11.3 Å². The van der Waals surface area contributed by atoms with Crippen molar-refractivity contribution in [3.8, 4) is 10.6 Å². The summed E-state index contributed by atoms with van der Waals surface area (Å²) in [5, 5.41) is 0.978. The summed E-state index contributed by atoms with van der Waals surface area (Å²) in [6, 6.07) is 6.09. The van der Waals surface area contributed by atoms with Crippen molar-refractivity contribution in [1.82, 2.24) is 9.88 Å². The molecule has 2 rings (SSSR count). The Hall–Kier alpha value is -1.94. The van der Waals surface area contributed by atoms with Gasteiger partial charge < -0.3 is 4.90 Å². The van der Waals surface area contributed by atoms with Crippen LogP contribution in [0.15, 0.2) is 41.5 Å². The zero-order valence-corrected chi connectivity index (χ0v) is 13.2. The molecule has 4 heteroatoms. The van der Waals surface area contributed by atoms with Crippen molar-refractivity contribution in [3.05, 3.63) is 52.5 Å². The van der Waals surface area contributed by atoms with Gasteiger partial charge in [-0.05, 0) is 37.3 Å². The van der Waals surface area contributed by atoms with E-state index < -0.39 is 0 Å². The zero-order chi connectivity index (χ0) is 14.7. The Morgan fingerprint density at radius 1 is 1.40 bits per heavy atom. The third-order valence-corrected chi connectivity index (χ3v) is 4.25. The summed E-state index contributed by atoms with van der Waals surface area (Å²) in [4.78, 5) is 13.2. The highest BCUT2D eigenvalue weighted by Gasteiger charge is 2.09. The van der Waals surface area contributed by atoms with Crippen LogP contribution in [0.1, 0.15) is 10.6 Å². The van der Waals surface area contributed by atoms with Crippen molar-refractivity contribution in [3.63, 3.8) is 0 Å². The number of likely N-dealkylation sites (N-methyl/N-ethyl adjacent to an activating group) is 1. The Kier molecular flexibility index (Phi) is 4.35. The number of hydrogen-bond acceptors (Lipinski definition) is 4. The molecule has 0 unspecified atom stereocenters. The van der Waals surface area contributed by atoms with Gasteiger partial charge in [-0.2, -0.15) is 0 Å². The first-order valence-electron chi connectivity index (χ1n) is 6.41. The molecular weight excluding hydrogens is 266 g/mol. The molecule has 0 atom stereocenters. The molecule has 1 aliphatic heterocycles. The van der Waals surface area contributed by atoms with Gasteiger partial charge in [0, 0.05) is 26.8 Å². The molecule has 0 saturated heterocycles. The van der Waals surface area contributed by atoms with Crippen molar-refractivity contribution in [2.45, 2.75) is 6.92 Å². The monoisotopic (exact) mass is 285 g/mol. The highest BCUT2D eigenvalue weighted by molar-refractivity contribution is 7.16. The van der Waals surface area contributed by atoms with Crippen LogP contribution in [0.4, 0.5) is 0 Å². The van der Waals surface area contributed by atoms with Gasteiger partial charge in [0.1, 0.15) is 0 Å². The van der Waals surface area contributed by atoms with E-state index in [1.54, 1.807) is 18.4 Å². The summed E-state index contributed by atoms with van der Waals surface area (Å²) in [5.74, 6) is 0. The highest BCUT2D eigenvalue weighted by Crippen LogP contribution is 2.28. The predicted octanol–water partition coefficient (Wildman–Crippen LogP) is 3.18. The molecular formula is C16H19N3S. The van der Waals surface area contributed by atoms with E-state index in [4.69, 9.17) is 0 Å². The first-order chi connectivity index (χ1) is 9.55. The molecule has 1 aliphatic carbocycles. The molecule has 0 N–H and O–H groups in total. The van der Waals surface area contributed by atoms with Crippen molar-refractivity contribution in [2.75, 3.05) is 21.1 Å². The molecule has 0 spiro atoms. The van der Waals surface area contributed by atoms with Crippen molar-refractivity contribution in [1.29, 1.82) is 0 Å². The van der Waals surface area contributed by atoms with Gasteiger partial charge in [0.15, 0.2) is 0 Å². The number of aryl methyl sites for hydroxylation is 1. The molecule has 0 aromatic carbocycles. The minimum atomic E-state index is 0.978. The molecule has 104 valence electrons. The molecule has 3 nitrogen and oxygen atoms in total. The molecule has 0 radical (unpaired) electrons. The van der Waals surface area contributed by atoms with Gasteiger partial charge in [-0.3, -0.25) is 9.98 Å². The average Bonchev–Trinajstić information content (AvgIpc) is 2.44. The van der Waals surface area contributed by atoms with Gasteiger partial charge in [-0.1, -0.05) is 6.58 Å². The predicted molar refractivity (Wildman–Crippen MR) is 86.8 cm³/mol. The van der Waals surface area contributed by atoms with Gasteiger partial charge >= 0.3 is 0 Å². The summed E-state index contributed by atoms with van der Waals surface area (Å²) >= 11 is 1.73. The number of hydrogen-bond donors (Lipinski definition) is 0. The lowest BCUT2D eigenvalue weighted by molar-refractivity contribution is 0.535. The molecule has 20 heavy (non-hydrogen) atoms. The van der Waals surface area contributed by atoms with Crippen LogP contribution in [0.5, 0.6) is 0 Å². The van der Waals surface area contributed by atoms with Crippen LogP contribution in [0.2, 0.25) is 0 Å². The van der Waals surface area contributed by atoms with E-state index in [-0.39, 0.29) is 0 Å². The second kappa shape index (κ2) is 6.01.